The van der Waals surface area contributed by atoms with Gasteiger partial charge in [-0.15, -0.1) is 0 Å². The third kappa shape index (κ3) is 4.80. The number of methoxy groups -OCH3 is 1. The van der Waals surface area contributed by atoms with Crippen molar-refractivity contribution in [2.75, 3.05) is 13.7 Å². The van der Waals surface area contributed by atoms with E-state index in [1.165, 1.54) is 12.8 Å². The molecule has 0 bridgehead atoms. The van der Waals surface area contributed by atoms with E-state index in [0.717, 1.165) is 36.7 Å². The fraction of sp³-hybridized carbons (Fsp3) is 0.667. The normalized spacial score (nSPS) is 16.4. The minimum absolute atomic E-state index is 0.143. The summed E-state index contributed by atoms with van der Waals surface area (Å²) in [5, 5.41) is 3.49. The van der Waals surface area contributed by atoms with Gasteiger partial charge in [0.2, 0.25) is 0 Å². The predicted molar refractivity (Wildman–Crippen MR) is 75.4 cm³/mol. The minimum Gasteiger partial charge on any atom is -0.489 e. The lowest BCUT2D eigenvalue weighted by Crippen LogP contribution is -2.20. The molecule has 2 rings (SSSR count). The number of aromatic nitrogens is 1. The van der Waals surface area contributed by atoms with E-state index < -0.39 is 0 Å². The Balaban J connectivity index is 1.96. The molecule has 0 spiro atoms. The van der Waals surface area contributed by atoms with E-state index in [1.54, 1.807) is 7.11 Å². The maximum absolute atomic E-state index is 5.97. The van der Waals surface area contributed by atoms with Crippen LogP contribution in [0.15, 0.2) is 12.1 Å². The summed E-state index contributed by atoms with van der Waals surface area (Å²) < 4.78 is 11.1. The fourth-order valence-electron chi connectivity index (χ4n) is 1.92. The van der Waals surface area contributed by atoms with Gasteiger partial charge in [-0.25, -0.2) is 0 Å². The lowest BCUT2D eigenvalue weighted by Gasteiger charge is -2.17. The monoisotopic (exact) mass is 264 g/mol. The van der Waals surface area contributed by atoms with Crippen LogP contribution >= 0.6 is 0 Å². The quantitative estimate of drug-likeness (QED) is 0.783. The predicted octanol–water partition coefficient (Wildman–Crippen LogP) is 2.45. The van der Waals surface area contributed by atoms with Crippen molar-refractivity contribution in [3.63, 3.8) is 0 Å². The molecule has 1 N–H and O–H groups in total. The highest BCUT2D eigenvalue weighted by atomic mass is 16.5. The van der Waals surface area contributed by atoms with Crippen LogP contribution in [0.3, 0.4) is 0 Å². The molecule has 1 aliphatic carbocycles. The van der Waals surface area contributed by atoms with Crippen molar-refractivity contribution in [3.8, 4) is 5.75 Å². The molecule has 1 aromatic rings. The fourth-order valence-corrected chi connectivity index (χ4v) is 1.92. The number of pyridine rings is 1. The van der Waals surface area contributed by atoms with Gasteiger partial charge >= 0.3 is 0 Å². The molecular formula is C15H24N2O2. The van der Waals surface area contributed by atoms with Gasteiger partial charge in [0.15, 0.2) is 0 Å². The van der Waals surface area contributed by atoms with Crippen molar-refractivity contribution in [1.29, 1.82) is 0 Å². The zero-order valence-corrected chi connectivity index (χ0v) is 12.1. The molecule has 1 fully saturated rings. The van der Waals surface area contributed by atoms with Crippen LogP contribution in [0.4, 0.5) is 0 Å². The van der Waals surface area contributed by atoms with Crippen molar-refractivity contribution in [2.45, 2.75) is 51.8 Å². The Morgan fingerprint density at radius 2 is 2.21 bits per heavy atom. The van der Waals surface area contributed by atoms with Crippen molar-refractivity contribution in [3.05, 3.63) is 23.5 Å². The number of ether oxygens (including phenoxy) is 2. The van der Waals surface area contributed by atoms with Crippen molar-refractivity contribution in [1.82, 2.24) is 10.3 Å². The van der Waals surface area contributed by atoms with Gasteiger partial charge in [0, 0.05) is 38.4 Å². The average Bonchev–Trinajstić information content (AvgIpc) is 3.20. The molecule has 1 heterocycles. The smallest absolute Gasteiger partial charge is 0.142 e. The molecule has 4 nitrogen and oxygen atoms in total. The molecule has 1 aliphatic rings. The Bertz CT molecular complexity index is 405. The van der Waals surface area contributed by atoms with Crippen LogP contribution in [0.1, 0.15) is 37.6 Å². The summed E-state index contributed by atoms with van der Waals surface area (Å²) in [6.45, 7) is 5.59. The van der Waals surface area contributed by atoms with E-state index >= 15 is 0 Å². The molecule has 1 aromatic heterocycles. The van der Waals surface area contributed by atoms with Gasteiger partial charge in [-0.2, -0.15) is 0 Å². The molecular weight excluding hydrogens is 240 g/mol. The second-order valence-electron chi connectivity index (χ2n) is 5.26. The van der Waals surface area contributed by atoms with E-state index in [9.17, 15) is 0 Å². The van der Waals surface area contributed by atoms with Crippen molar-refractivity contribution in [2.24, 2.45) is 0 Å². The van der Waals surface area contributed by atoms with Crippen molar-refractivity contribution >= 4 is 0 Å². The summed E-state index contributed by atoms with van der Waals surface area (Å²) in [4.78, 5) is 4.59. The highest BCUT2D eigenvalue weighted by Gasteiger charge is 2.21. The van der Waals surface area contributed by atoms with Gasteiger partial charge in [-0.05, 0) is 38.8 Å². The Morgan fingerprint density at radius 3 is 2.89 bits per heavy atom. The Kier molecular flexibility index (Phi) is 5.16. The first-order valence-electron chi connectivity index (χ1n) is 7.04. The summed E-state index contributed by atoms with van der Waals surface area (Å²) in [7, 11) is 1.71. The van der Waals surface area contributed by atoms with Gasteiger partial charge in [0.05, 0.1) is 11.8 Å². The van der Waals surface area contributed by atoms with Gasteiger partial charge in [-0.3, -0.25) is 4.98 Å². The average molecular weight is 264 g/mol. The largest absolute Gasteiger partial charge is 0.489 e. The molecule has 19 heavy (non-hydrogen) atoms. The zero-order valence-electron chi connectivity index (χ0n) is 12.1. The highest BCUT2D eigenvalue weighted by molar-refractivity contribution is 5.29. The third-order valence-electron chi connectivity index (χ3n) is 3.26. The topological polar surface area (TPSA) is 43.4 Å². The number of nitrogens with zero attached hydrogens (tertiary/aromatic N) is 1. The number of hydrogen-bond acceptors (Lipinski definition) is 4. The van der Waals surface area contributed by atoms with Gasteiger partial charge in [-0.1, -0.05) is 0 Å². The molecule has 1 saturated carbocycles. The maximum Gasteiger partial charge on any atom is 0.142 e. The van der Waals surface area contributed by atoms with E-state index in [-0.39, 0.29) is 6.10 Å². The SMILES string of the molecule is COCCC(C)Oc1ccc(C)nc1CNC1CC1. The molecule has 0 aliphatic heterocycles. The van der Waals surface area contributed by atoms with E-state index in [0.29, 0.717) is 6.04 Å². The standard InChI is InChI=1S/C15H24N2O2/c1-11-4-7-15(19-12(2)8-9-18-3)14(17-11)10-16-13-5-6-13/h4,7,12-13,16H,5-6,8-10H2,1-3H3. The highest BCUT2D eigenvalue weighted by Crippen LogP contribution is 2.23. The van der Waals surface area contributed by atoms with Crippen LogP contribution in [0.25, 0.3) is 0 Å². The summed E-state index contributed by atoms with van der Waals surface area (Å²) in [5.41, 5.74) is 2.04. The van der Waals surface area contributed by atoms with Gasteiger partial charge < -0.3 is 14.8 Å². The first-order chi connectivity index (χ1) is 9.19. The van der Waals surface area contributed by atoms with Gasteiger partial charge in [0.25, 0.3) is 0 Å². The van der Waals surface area contributed by atoms with Crippen molar-refractivity contribution < 1.29 is 9.47 Å². The lowest BCUT2D eigenvalue weighted by molar-refractivity contribution is 0.134. The molecule has 4 heteroatoms. The molecule has 0 saturated heterocycles. The number of hydrogen-bond donors (Lipinski definition) is 1. The molecule has 0 aromatic carbocycles. The van der Waals surface area contributed by atoms with Crippen LogP contribution < -0.4 is 10.1 Å². The Labute approximate surface area is 115 Å². The Morgan fingerprint density at radius 1 is 1.42 bits per heavy atom. The third-order valence-corrected chi connectivity index (χ3v) is 3.26. The molecule has 0 amide bonds. The summed E-state index contributed by atoms with van der Waals surface area (Å²) in [6, 6.07) is 4.70. The number of nitrogens with one attached hydrogen (secondary N) is 1. The van der Waals surface area contributed by atoms with Crippen LogP contribution in [0.5, 0.6) is 5.75 Å². The van der Waals surface area contributed by atoms with E-state index in [2.05, 4.69) is 17.2 Å². The lowest BCUT2D eigenvalue weighted by atomic mass is 10.2. The number of rotatable bonds is 8. The summed E-state index contributed by atoms with van der Waals surface area (Å²) in [6.07, 6.45) is 3.60. The maximum atomic E-state index is 5.97. The molecule has 1 unspecified atom stereocenters. The van der Waals surface area contributed by atoms with Crippen LogP contribution in [-0.2, 0) is 11.3 Å². The van der Waals surface area contributed by atoms with E-state index in [1.807, 2.05) is 19.1 Å². The second kappa shape index (κ2) is 6.87. The summed E-state index contributed by atoms with van der Waals surface area (Å²) >= 11 is 0. The van der Waals surface area contributed by atoms with Gasteiger partial charge in [0.1, 0.15) is 5.75 Å². The first kappa shape index (κ1) is 14.3. The number of aryl methyl sites for hydroxylation is 1. The van der Waals surface area contributed by atoms with Crippen LogP contribution in [0.2, 0.25) is 0 Å². The first-order valence-corrected chi connectivity index (χ1v) is 7.04. The van der Waals surface area contributed by atoms with Crippen LogP contribution in [-0.4, -0.2) is 30.8 Å². The summed E-state index contributed by atoms with van der Waals surface area (Å²) in [5.74, 6) is 0.891. The van der Waals surface area contributed by atoms with Crippen LogP contribution in [0, 0.1) is 6.92 Å². The molecule has 0 radical (unpaired) electrons. The molecule has 1 atom stereocenters. The second-order valence-corrected chi connectivity index (χ2v) is 5.26. The Hall–Kier alpha value is -1.13. The molecule has 106 valence electrons. The van der Waals surface area contributed by atoms with E-state index in [4.69, 9.17) is 9.47 Å². The minimum atomic E-state index is 0.143. The zero-order chi connectivity index (χ0) is 13.7.